The normalized spacial score (nSPS) is 27.2. The summed E-state index contributed by atoms with van der Waals surface area (Å²) in [5, 5.41) is 0. The van der Waals surface area contributed by atoms with Crippen molar-refractivity contribution in [1.82, 2.24) is 14.9 Å². The number of likely N-dealkylation sites (tertiary alicyclic amines) is 1. The molecule has 31 heavy (non-hydrogen) atoms. The summed E-state index contributed by atoms with van der Waals surface area (Å²) < 4.78 is 5.57. The molecule has 0 radical (unpaired) electrons. The van der Waals surface area contributed by atoms with Crippen LogP contribution in [0.1, 0.15) is 26.0 Å². The van der Waals surface area contributed by atoms with E-state index in [1.54, 1.807) is 25.0 Å². The Hall–Kier alpha value is -3.61. The second kappa shape index (κ2) is 5.97. The number of amides is 1. The minimum Gasteiger partial charge on any atom is -0.494 e. The molecule has 0 aromatic carbocycles. The predicted octanol–water partition coefficient (Wildman–Crippen LogP) is 3.47. The molecule has 6 rings (SSSR count). The lowest BCUT2D eigenvalue weighted by atomic mass is 9.79. The van der Waals surface area contributed by atoms with Gasteiger partial charge in [0.15, 0.2) is 0 Å². The number of ketones is 1. The van der Waals surface area contributed by atoms with E-state index in [-0.39, 0.29) is 17.1 Å². The van der Waals surface area contributed by atoms with Crippen LogP contribution in [0.15, 0.2) is 58.0 Å². The first-order valence-electron chi connectivity index (χ1n) is 10.4. The highest BCUT2D eigenvalue weighted by Crippen LogP contribution is 2.70. The van der Waals surface area contributed by atoms with E-state index in [4.69, 9.17) is 9.73 Å². The van der Waals surface area contributed by atoms with E-state index >= 15 is 0 Å². The van der Waals surface area contributed by atoms with Crippen LogP contribution in [-0.4, -0.2) is 45.9 Å². The van der Waals surface area contributed by atoms with Gasteiger partial charge in [-0.2, -0.15) is 0 Å². The van der Waals surface area contributed by atoms with E-state index in [0.717, 1.165) is 46.0 Å². The molecule has 1 spiro atoms. The van der Waals surface area contributed by atoms with Crippen molar-refractivity contribution in [3.8, 4) is 17.1 Å². The highest BCUT2D eigenvalue weighted by atomic mass is 16.5. The highest BCUT2D eigenvalue weighted by molar-refractivity contribution is 6.52. The fourth-order valence-corrected chi connectivity index (χ4v) is 5.49. The van der Waals surface area contributed by atoms with Crippen LogP contribution in [0.5, 0.6) is 5.75 Å². The molecule has 2 aliphatic heterocycles. The Morgan fingerprint density at radius 3 is 2.94 bits per heavy atom. The summed E-state index contributed by atoms with van der Waals surface area (Å²) in [6.45, 7) is 4.27. The molecule has 2 aliphatic carbocycles. The molecule has 2 fully saturated rings. The first-order chi connectivity index (χ1) is 14.9. The first kappa shape index (κ1) is 18.2. The Kier molecular flexibility index (Phi) is 3.50. The van der Waals surface area contributed by atoms with Crippen molar-refractivity contribution >= 4 is 23.5 Å². The van der Waals surface area contributed by atoms with E-state index < -0.39 is 0 Å². The Labute approximate surface area is 179 Å². The first-order valence-corrected chi connectivity index (χ1v) is 10.4. The maximum atomic E-state index is 12.9. The maximum absolute atomic E-state index is 12.9. The quantitative estimate of drug-likeness (QED) is 0.806. The number of ether oxygens (including phenoxy) is 1. The van der Waals surface area contributed by atoms with Gasteiger partial charge >= 0.3 is 0 Å². The molecule has 4 aliphatic rings. The maximum Gasteiger partial charge on any atom is 0.223 e. The predicted molar refractivity (Wildman–Crippen MR) is 116 cm³/mol. The minimum atomic E-state index is -0.229. The summed E-state index contributed by atoms with van der Waals surface area (Å²) in [7, 11) is 1.64. The van der Waals surface area contributed by atoms with Gasteiger partial charge in [-0.3, -0.25) is 9.59 Å². The number of aromatic nitrogens is 2. The molecule has 2 aromatic rings. The molecule has 2 aromatic heterocycles. The van der Waals surface area contributed by atoms with Crippen molar-refractivity contribution in [1.29, 1.82) is 0 Å². The van der Waals surface area contributed by atoms with Crippen LogP contribution in [-0.2, 0) is 9.59 Å². The third-order valence-corrected chi connectivity index (χ3v) is 7.01. The number of aromatic amines is 2. The van der Waals surface area contributed by atoms with E-state index in [9.17, 15) is 9.59 Å². The highest BCUT2D eigenvalue weighted by Gasteiger charge is 2.69. The number of nitrogens with one attached hydrogen (secondary N) is 2. The van der Waals surface area contributed by atoms with Gasteiger partial charge in [0.25, 0.3) is 0 Å². The van der Waals surface area contributed by atoms with Gasteiger partial charge in [0, 0.05) is 42.9 Å². The Morgan fingerprint density at radius 1 is 1.39 bits per heavy atom. The number of hydrogen-bond donors (Lipinski definition) is 2. The van der Waals surface area contributed by atoms with Gasteiger partial charge in [-0.25, -0.2) is 4.99 Å². The van der Waals surface area contributed by atoms with Crippen molar-refractivity contribution in [3.05, 3.63) is 58.7 Å². The number of H-pyrrole nitrogens is 2. The minimum absolute atomic E-state index is 0.00834. The fourth-order valence-electron chi connectivity index (χ4n) is 5.49. The van der Waals surface area contributed by atoms with E-state index in [2.05, 4.69) is 9.97 Å². The molecule has 2 atom stereocenters. The molecule has 7 nitrogen and oxygen atoms in total. The standard InChI is InChI=1S/C24H22N4O3/c1-12-16(7-18-20(31-3)8-17(26-18)15-5-4-6-25-15)27-23-19(30)9-21-24(22(12)23)10-14(24)11-28(21)13(2)29/h4-9,14,25-26H,10-11H2,1-3H3/b16-7+. The average Bonchev–Trinajstić information content (AvgIpc) is 3.24. The van der Waals surface area contributed by atoms with Crippen LogP contribution in [0.25, 0.3) is 17.5 Å². The van der Waals surface area contributed by atoms with E-state index in [1.807, 2.05) is 37.4 Å². The average molecular weight is 414 g/mol. The molecule has 4 heterocycles. The topological polar surface area (TPSA) is 90.6 Å². The number of carbonyl (C=O) groups excluding carboxylic acids is 2. The number of fused-ring (bicyclic) bond motifs is 1. The van der Waals surface area contributed by atoms with Gasteiger partial charge in [-0.15, -0.1) is 0 Å². The summed E-state index contributed by atoms with van der Waals surface area (Å²) in [6, 6.07) is 5.87. The molecule has 1 saturated heterocycles. The van der Waals surface area contributed by atoms with Crippen LogP contribution >= 0.6 is 0 Å². The number of nitrogens with zero attached hydrogens (tertiary/aromatic N) is 2. The zero-order chi connectivity index (χ0) is 21.5. The van der Waals surface area contributed by atoms with Crippen molar-refractivity contribution < 1.29 is 14.3 Å². The van der Waals surface area contributed by atoms with Gasteiger partial charge < -0.3 is 19.6 Å². The fraction of sp³-hybridized carbons (Fsp3) is 0.292. The monoisotopic (exact) mass is 414 g/mol. The number of aliphatic imine (C=N–C) groups is 1. The molecule has 0 bridgehead atoms. The zero-order valence-corrected chi connectivity index (χ0v) is 17.6. The van der Waals surface area contributed by atoms with Gasteiger partial charge in [0.05, 0.1) is 29.9 Å². The van der Waals surface area contributed by atoms with Gasteiger partial charge in [-0.05, 0) is 48.6 Å². The van der Waals surface area contributed by atoms with Crippen LogP contribution in [0.4, 0.5) is 0 Å². The van der Waals surface area contributed by atoms with Crippen LogP contribution in [0.3, 0.4) is 0 Å². The number of hydrogen-bond acceptors (Lipinski definition) is 4. The van der Waals surface area contributed by atoms with Crippen LogP contribution < -0.4 is 4.74 Å². The second-order valence-corrected chi connectivity index (χ2v) is 8.63. The third kappa shape index (κ3) is 2.31. The number of methoxy groups -OCH3 is 1. The Balaban J connectivity index is 1.45. The molecule has 2 unspecified atom stereocenters. The molecular formula is C24H22N4O3. The molecule has 2 N–H and O–H groups in total. The molecule has 1 amide bonds. The van der Waals surface area contributed by atoms with Gasteiger partial charge in [-0.1, -0.05) is 0 Å². The number of rotatable bonds is 3. The lowest BCUT2D eigenvalue weighted by Crippen LogP contribution is -2.34. The SMILES string of the molecule is COc1cc(-c2ccc[nH]2)[nH]c1/C=C1/N=C2C(=O)C=C3N(C(C)=O)CC4CC34C2=C1C. The smallest absolute Gasteiger partial charge is 0.223 e. The number of piperidine rings is 1. The zero-order valence-electron chi connectivity index (χ0n) is 17.6. The third-order valence-electron chi connectivity index (χ3n) is 7.01. The molecule has 156 valence electrons. The van der Waals surface area contributed by atoms with Crippen molar-refractivity contribution in [2.75, 3.05) is 13.7 Å². The largest absolute Gasteiger partial charge is 0.494 e. The summed E-state index contributed by atoms with van der Waals surface area (Å²) in [5.74, 6) is 0.944. The van der Waals surface area contributed by atoms with E-state index in [0.29, 0.717) is 23.9 Å². The molecule has 7 heteroatoms. The number of allylic oxidation sites excluding steroid dienone is 3. The van der Waals surface area contributed by atoms with Crippen LogP contribution in [0, 0.1) is 11.3 Å². The summed E-state index contributed by atoms with van der Waals surface area (Å²) >= 11 is 0. The van der Waals surface area contributed by atoms with Crippen molar-refractivity contribution in [2.24, 2.45) is 16.3 Å². The Bertz CT molecular complexity index is 1290. The molecule has 1 saturated carbocycles. The summed E-state index contributed by atoms with van der Waals surface area (Å²) in [4.78, 5) is 38.1. The van der Waals surface area contributed by atoms with Gasteiger partial charge in [0.1, 0.15) is 11.5 Å². The lowest BCUT2D eigenvalue weighted by molar-refractivity contribution is -0.126. The summed E-state index contributed by atoms with van der Waals surface area (Å²) in [5.41, 5.74) is 6.59. The lowest BCUT2D eigenvalue weighted by Gasteiger charge is -2.28. The second-order valence-electron chi connectivity index (χ2n) is 8.63. The van der Waals surface area contributed by atoms with Gasteiger partial charge in [0.2, 0.25) is 11.7 Å². The Morgan fingerprint density at radius 2 is 2.23 bits per heavy atom. The number of carbonyl (C=O) groups is 2. The van der Waals surface area contributed by atoms with Crippen molar-refractivity contribution in [3.63, 3.8) is 0 Å². The van der Waals surface area contributed by atoms with Crippen LogP contribution in [0.2, 0.25) is 0 Å². The molecular weight excluding hydrogens is 392 g/mol. The summed E-state index contributed by atoms with van der Waals surface area (Å²) in [6.07, 6.45) is 6.41. The van der Waals surface area contributed by atoms with Crippen molar-refractivity contribution in [2.45, 2.75) is 20.3 Å². The van der Waals surface area contributed by atoms with E-state index in [1.165, 1.54) is 0 Å².